The molecule has 168 valence electrons. The number of aryl methyl sites for hydroxylation is 1. The molecule has 2 aromatic heterocycles. The molecule has 33 heavy (non-hydrogen) atoms. The number of amides is 1. The molecule has 0 fully saturated rings. The largest absolute Gasteiger partial charge is 0.347 e. The lowest BCUT2D eigenvalue weighted by Crippen LogP contribution is -2.37. The van der Waals surface area contributed by atoms with Gasteiger partial charge >= 0.3 is 11.8 Å². The van der Waals surface area contributed by atoms with Crippen molar-refractivity contribution in [1.82, 2.24) is 30.1 Å². The van der Waals surface area contributed by atoms with Crippen LogP contribution in [0.25, 0.3) is 17.1 Å². The van der Waals surface area contributed by atoms with E-state index < -0.39 is 0 Å². The summed E-state index contributed by atoms with van der Waals surface area (Å²) in [6, 6.07) is 15.8. The van der Waals surface area contributed by atoms with Gasteiger partial charge in [-0.05, 0) is 48.7 Å². The first-order chi connectivity index (χ1) is 16.1. The standard InChI is InChI=1S/C24H23ClN6O2/c1-16-21(15-31(28-16)20-8-6-19(25)7-9-20)22-27-24(33-29-22)23(32)26-11-13-30-12-10-17-4-2-3-5-18(17)14-30/h2-9,15H,10-14H2,1H3,(H,26,32). The number of benzene rings is 2. The smallest absolute Gasteiger partial charge is 0.316 e. The molecule has 0 unspecified atom stereocenters. The summed E-state index contributed by atoms with van der Waals surface area (Å²) < 4.78 is 6.93. The molecule has 5 rings (SSSR count). The van der Waals surface area contributed by atoms with E-state index in [-0.39, 0.29) is 11.8 Å². The van der Waals surface area contributed by atoms with Crippen molar-refractivity contribution in [3.63, 3.8) is 0 Å². The molecular formula is C24H23ClN6O2. The van der Waals surface area contributed by atoms with Crippen molar-refractivity contribution in [3.8, 4) is 17.1 Å². The van der Waals surface area contributed by atoms with Crippen LogP contribution in [0.1, 0.15) is 27.5 Å². The summed E-state index contributed by atoms with van der Waals surface area (Å²) in [5, 5.41) is 12.0. The molecular weight excluding hydrogens is 440 g/mol. The lowest BCUT2D eigenvalue weighted by atomic mass is 10.00. The van der Waals surface area contributed by atoms with Crippen molar-refractivity contribution in [2.75, 3.05) is 19.6 Å². The van der Waals surface area contributed by atoms with Gasteiger partial charge in [0.15, 0.2) is 0 Å². The van der Waals surface area contributed by atoms with Gasteiger partial charge in [0.1, 0.15) is 0 Å². The van der Waals surface area contributed by atoms with Crippen molar-refractivity contribution in [3.05, 3.63) is 82.5 Å². The van der Waals surface area contributed by atoms with Gasteiger partial charge in [0, 0.05) is 37.4 Å². The van der Waals surface area contributed by atoms with E-state index in [1.807, 2.05) is 19.1 Å². The fourth-order valence-corrected chi connectivity index (χ4v) is 4.10. The van der Waals surface area contributed by atoms with E-state index in [4.69, 9.17) is 16.1 Å². The van der Waals surface area contributed by atoms with Crippen LogP contribution in [0.4, 0.5) is 0 Å². The molecule has 1 amide bonds. The second kappa shape index (κ2) is 9.17. The molecule has 1 aliphatic rings. The lowest BCUT2D eigenvalue weighted by Gasteiger charge is -2.28. The van der Waals surface area contributed by atoms with E-state index in [1.54, 1.807) is 23.0 Å². The van der Waals surface area contributed by atoms with Gasteiger partial charge < -0.3 is 9.84 Å². The fraction of sp³-hybridized carbons (Fsp3) is 0.250. The van der Waals surface area contributed by atoms with E-state index >= 15 is 0 Å². The van der Waals surface area contributed by atoms with E-state index in [0.717, 1.165) is 37.4 Å². The molecule has 3 heterocycles. The van der Waals surface area contributed by atoms with Crippen LogP contribution in [-0.2, 0) is 13.0 Å². The Hall–Kier alpha value is -3.49. The second-order valence-corrected chi connectivity index (χ2v) is 8.46. The number of carbonyl (C=O) groups excluding carboxylic acids is 1. The second-order valence-electron chi connectivity index (χ2n) is 8.02. The molecule has 0 radical (unpaired) electrons. The summed E-state index contributed by atoms with van der Waals surface area (Å²) in [7, 11) is 0. The number of halogens is 1. The number of nitrogens with zero attached hydrogens (tertiary/aromatic N) is 5. The Morgan fingerprint density at radius 2 is 1.94 bits per heavy atom. The van der Waals surface area contributed by atoms with Crippen LogP contribution < -0.4 is 5.32 Å². The van der Waals surface area contributed by atoms with Crippen molar-refractivity contribution >= 4 is 17.5 Å². The number of nitrogens with one attached hydrogen (secondary N) is 1. The van der Waals surface area contributed by atoms with Gasteiger partial charge in [-0.1, -0.05) is 41.0 Å². The molecule has 8 nitrogen and oxygen atoms in total. The van der Waals surface area contributed by atoms with E-state index in [2.05, 4.69) is 49.7 Å². The van der Waals surface area contributed by atoms with Crippen molar-refractivity contribution in [2.24, 2.45) is 0 Å². The average Bonchev–Trinajstić information content (AvgIpc) is 3.46. The summed E-state index contributed by atoms with van der Waals surface area (Å²) in [6.07, 6.45) is 2.83. The highest BCUT2D eigenvalue weighted by Gasteiger charge is 2.20. The van der Waals surface area contributed by atoms with E-state index in [0.29, 0.717) is 23.0 Å². The van der Waals surface area contributed by atoms with Crippen LogP contribution in [0.15, 0.2) is 59.3 Å². The Kier molecular flexibility index (Phi) is 5.93. The highest BCUT2D eigenvalue weighted by Crippen LogP contribution is 2.22. The molecule has 1 aliphatic heterocycles. The van der Waals surface area contributed by atoms with E-state index in [9.17, 15) is 4.79 Å². The van der Waals surface area contributed by atoms with Crippen molar-refractivity contribution in [2.45, 2.75) is 19.9 Å². The maximum absolute atomic E-state index is 12.5. The minimum absolute atomic E-state index is 0.0624. The fourth-order valence-electron chi connectivity index (χ4n) is 3.98. The molecule has 0 bridgehead atoms. The van der Waals surface area contributed by atoms with Gasteiger partial charge in [-0.2, -0.15) is 10.1 Å². The van der Waals surface area contributed by atoms with Crippen LogP contribution in [0.5, 0.6) is 0 Å². The topological polar surface area (TPSA) is 89.1 Å². The summed E-state index contributed by atoms with van der Waals surface area (Å²) >= 11 is 5.96. The zero-order chi connectivity index (χ0) is 22.8. The first kappa shape index (κ1) is 21.4. The maximum Gasteiger partial charge on any atom is 0.316 e. The van der Waals surface area contributed by atoms with Gasteiger partial charge in [-0.25, -0.2) is 4.68 Å². The number of aromatic nitrogens is 4. The zero-order valence-corrected chi connectivity index (χ0v) is 18.9. The quantitative estimate of drug-likeness (QED) is 0.470. The summed E-state index contributed by atoms with van der Waals surface area (Å²) in [6.45, 7) is 5.00. The normalized spacial score (nSPS) is 13.6. The molecule has 1 N–H and O–H groups in total. The van der Waals surface area contributed by atoms with Crippen molar-refractivity contribution in [1.29, 1.82) is 0 Å². The van der Waals surface area contributed by atoms with Crippen LogP contribution in [-0.4, -0.2) is 50.4 Å². The maximum atomic E-state index is 12.5. The van der Waals surface area contributed by atoms with Gasteiger partial charge in [-0.3, -0.25) is 9.69 Å². The summed E-state index contributed by atoms with van der Waals surface area (Å²) in [5.74, 6) is -0.118. The van der Waals surface area contributed by atoms with Gasteiger partial charge in [0.25, 0.3) is 0 Å². The highest BCUT2D eigenvalue weighted by atomic mass is 35.5. The summed E-state index contributed by atoms with van der Waals surface area (Å²) in [5.41, 5.74) is 5.04. The third-order valence-electron chi connectivity index (χ3n) is 5.77. The molecule has 0 saturated carbocycles. The van der Waals surface area contributed by atoms with Gasteiger partial charge in [0.05, 0.1) is 16.9 Å². The van der Waals surface area contributed by atoms with Gasteiger partial charge in [0.2, 0.25) is 5.82 Å². The van der Waals surface area contributed by atoms with Crippen LogP contribution in [0, 0.1) is 6.92 Å². The monoisotopic (exact) mass is 462 g/mol. The minimum Gasteiger partial charge on any atom is -0.347 e. The lowest BCUT2D eigenvalue weighted by molar-refractivity contribution is 0.0903. The number of hydrogen-bond donors (Lipinski definition) is 1. The molecule has 0 atom stereocenters. The number of fused-ring (bicyclic) bond motifs is 1. The molecule has 0 spiro atoms. The summed E-state index contributed by atoms with van der Waals surface area (Å²) in [4.78, 5) is 19.1. The zero-order valence-electron chi connectivity index (χ0n) is 18.2. The van der Waals surface area contributed by atoms with Crippen molar-refractivity contribution < 1.29 is 9.32 Å². The Balaban J connectivity index is 1.19. The van der Waals surface area contributed by atoms with Crippen LogP contribution >= 0.6 is 11.6 Å². The number of carbonyl (C=O) groups is 1. The number of rotatable bonds is 6. The molecule has 4 aromatic rings. The van der Waals surface area contributed by atoms with E-state index in [1.165, 1.54) is 11.1 Å². The molecule has 0 aliphatic carbocycles. The Morgan fingerprint density at radius 3 is 2.76 bits per heavy atom. The average molecular weight is 463 g/mol. The Morgan fingerprint density at radius 1 is 1.15 bits per heavy atom. The Labute approximate surface area is 196 Å². The minimum atomic E-state index is -0.381. The SMILES string of the molecule is Cc1nn(-c2ccc(Cl)cc2)cc1-c1noc(C(=O)NCCN2CCc3ccccc3C2)n1. The van der Waals surface area contributed by atoms with Crippen LogP contribution in [0.3, 0.4) is 0 Å². The van der Waals surface area contributed by atoms with Crippen LogP contribution in [0.2, 0.25) is 5.02 Å². The number of hydrogen-bond acceptors (Lipinski definition) is 6. The first-order valence-electron chi connectivity index (χ1n) is 10.8. The molecule has 2 aromatic carbocycles. The highest BCUT2D eigenvalue weighted by molar-refractivity contribution is 6.30. The third kappa shape index (κ3) is 4.67. The predicted molar refractivity (Wildman–Crippen MR) is 124 cm³/mol. The molecule has 0 saturated heterocycles. The third-order valence-corrected chi connectivity index (χ3v) is 6.03. The predicted octanol–water partition coefficient (Wildman–Crippen LogP) is 3.67. The van der Waals surface area contributed by atoms with Gasteiger partial charge in [-0.15, -0.1) is 0 Å². The first-order valence-corrected chi connectivity index (χ1v) is 11.2. The Bertz CT molecular complexity index is 1280. The molecule has 9 heteroatoms.